The summed E-state index contributed by atoms with van der Waals surface area (Å²) in [6.07, 6.45) is 9.33. The second-order valence-electron chi connectivity index (χ2n) is 4.07. The molecule has 1 fully saturated rings. The Labute approximate surface area is 76.4 Å². The zero-order chi connectivity index (χ0) is 8.97. The van der Waals surface area contributed by atoms with E-state index in [0.717, 1.165) is 5.92 Å². The Morgan fingerprint density at radius 3 is 2.25 bits per heavy atom. The number of hydrogen-bond acceptors (Lipinski definition) is 0. The first-order valence-electron chi connectivity index (χ1n) is 5.04. The maximum Gasteiger partial charge on any atom is -0.0203 e. The summed E-state index contributed by atoms with van der Waals surface area (Å²) in [4.78, 5) is 0. The minimum absolute atomic E-state index is 0.857. The van der Waals surface area contributed by atoms with Crippen molar-refractivity contribution in [3.63, 3.8) is 0 Å². The fourth-order valence-corrected chi connectivity index (χ4v) is 2.06. The summed E-state index contributed by atoms with van der Waals surface area (Å²) in [5, 5.41) is 0. The second-order valence-corrected chi connectivity index (χ2v) is 4.07. The van der Waals surface area contributed by atoms with Gasteiger partial charge in [0, 0.05) is 0 Å². The molecular formula is C12H20. The largest absolute Gasteiger partial charge is 0.0961 e. The molecule has 68 valence electrons. The van der Waals surface area contributed by atoms with E-state index in [2.05, 4.69) is 26.5 Å². The van der Waals surface area contributed by atoms with Gasteiger partial charge in [0.15, 0.2) is 0 Å². The van der Waals surface area contributed by atoms with E-state index in [1.165, 1.54) is 37.7 Å². The molecule has 1 rings (SSSR count). The van der Waals surface area contributed by atoms with Crippen molar-refractivity contribution < 1.29 is 0 Å². The van der Waals surface area contributed by atoms with Gasteiger partial charge in [-0.1, -0.05) is 43.1 Å². The Morgan fingerprint density at radius 1 is 1.17 bits per heavy atom. The second kappa shape index (κ2) is 4.49. The fraction of sp³-hybridized carbons (Fsp3) is 0.667. The minimum Gasteiger partial charge on any atom is -0.0961 e. The molecule has 12 heavy (non-hydrogen) atoms. The molecule has 0 aliphatic heterocycles. The maximum absolute atomic E-state index is 3.91. The molecule has 0 aromatic heterocycles. The van der Waals surface area contributed by atoms with Gasteiger partial charge in [0.05, 0.1) is 0 Å². The van der Waals surface area contributed by atoms with Gasteiger partial charge < -0.3 is 0 Å². The third kappa shape index (κ3) is 2.84. The van der Waals surface area contributed by atoms with E-state index in [1.807, 2.05) is 0 Å². The Hall–Kier alpha value is -0.520. The van der Waals surface area contributed by atoms with Crippen LogP contribution in [0.3, 0.4) is 0 Å². The summed E-state index contributed by atoms with van der Waals surface area (Å²) < 4.78 is 0. The van der Waals surface area contributed by atoms with Crippen LogP contribution in [0.4, 0.5) is 0 Å². The van der Waals surface area contributed by atoms with Gasteiger partial charge in [-0.15, -0.1) is 0 Å². The Kier molecular flexibility index (Phi) is 3.58. The van der Waals surface area contributed by atoms with E-state index in [1.54, 1.807) is 5.57 Å². The summed E-state index contributed by atoms with van der Waals surface area (Å²) in [6.45, 7) is 8.24. The molecule has 0 bridgehead atoms. The highest BCUT2D eigenvalue weighted by Gasteiger charge is 2.14. The van der Waals surface area contributed by atoms with Crippen LogP contribution in [-0.4, -0.2) is 0 Å². The van der Waals surface area contributed by atoms with Crippen molar-refractivity contribution in [2.45, 2.75) is 46.0 Å². The van der Waals surface area contributed by atoms with Crippen LogP contribution < -0.4 is 0 Å². The zero-order valence-electron chi connectivity index (χ0n) is 8.40. The monoisotopic (exact) mass is 164 g/mol. The third-order valence-corrected chi connectivity index (χ3v) is 2.72. The first-order chi connectivity index (χ1) is 5.70. The summed E-state index contributed by atoms with van der Waals surface area (Å²) in [5.74, 6) is 0.857. The lowest BCUT2D eigenvalue weighted by Gasteiger charge is -2.22. The highest BCUT2D eigenvalue weighted by atomic mass is 14.2. The molecule has 1 saturated carbocycles. The molecule has 1 aliphatic carbocycles. The first kappa shape index (κ1) is 9.57. The summed E-state index contributed by atoms with van der Waals surface area (Å²) in [6, 6.07) is 0. The highest BCUT2D eigenvalue weighted by molar-refractivity contribution is 5.19. The van der Waals surface area contributed by atoms with E-state index < -0.39 is 0 Å². The molecule has 0 heterocycles. The first-order valence-corrected chi connectivity index (χ1v) is 5.04. The van der Waals surface area contributed by atoms with E-state index in [4.69, 9.17) is 0 Å². The van der Waals surface area contributed by atoms with Gasteiger partial charge in [0.2, 0.25) is 0 Å². The SMILES string of the molecule is C=C(C)C=C(C)C1CCCCC1. The Bertz CT molecular complexity index is 180. The molecule has 0 saturated heterocycles. The molecule has 0 nitrogen and oxygen atoms in total. The molecule has 0 spiro atoms. The van der Waals surface area contributed by atoms with E-state index in [-0.39, 0.29) is 0 Å². The van der Waals surface area contributed by atoms with Crippen LogP contribution >= 0.6 is 0 Å². The van der Waals surface area contributed by atoms with E-state index in [0.29, 0.717) is 0 Å². The van der Waals surface area contributed by atoms with Crippen LogP contribution in [0.15, 0.2) is 23.8 Å². The average Bonchev–Trinajstić information content (AvgIpc) is 2.05. The van der Waals surface area contributed by atoms with Gasteiger partial charge in [0.1, 0.15) is 0 Å². The lowest BCUT2D eigenvalue weighted by molar-refractivity contribution is 0.403. The number of hydrogen-bond donors (Lipinski definition) is 0. The predicted molar refractivity (Wildman–Crippen MR) is 55.1 cm³/mol. The van der Waals surface area contributed by atoms with Crippen LogP contribution in [0.1, 0.15) is 46.0 Å². The van der Waals surface area contributed by atoms with Gasteiger partial charge in [0.25, 0.3) is 0 Å². The Balaban J connectivity index is 2.49. The predicted octanol–water partition coefficient (Wildman–Crippen LogP) is 4.09. The van der Waals surface area contributed by atoms with Gasteiger partial charge in [-0.2, -0.15) is 0 Å². The lowest BCUT2D eigenvalue weighted by atomic mass is 9.84. The van der Waals surface area contributed by atoms with Crippen LogP contribution in [0.25, 0.3) is 0 Å². The van der Waals surface area contributed by atoms with Crippen molar-refractivity contribution in [3.05, 3.63) is 23.8 Å². The molecule has 0 aromatic carbocycles. The average molecular weight is 164 g/mol. The zero-order valence-corrected chi connectivity index (χ0v) is 8.40. The van der Waals surface area contributed by atoms with Crippen molar-refractivity contribution in [1.82, 2.24) is 0 Å². The normalized spacial score (nSPS) is 21.0. The van der Waals surface area contributed by atoms with Crippen LogP contribution in [-0.2, 0) is 0 Å². The number of rotatable bonds is 2. The lowest BCUT2D eigenvalue weighted by Crippen LogP contribution is -2.07. The van der Waals surface area contributed by atoms with Gasteiger partial charge >= 0.3 is 0 Å². The molecular weight excluding hydrogens is 144 g/mol. The quantitative estimate of drug-likeness (QED) is 0.539. The fourth-order valence-electron chi connectivity index (χ4n) is 2.06. The Morgan fingerprint density at radius 2 is 1.75 bits per heavy atom. The summed E-state index contributed by atoms with van der Waals surface area (Å²) in [5.41, 5.74) is 2.74. The molecule has 0 atom stereocenters. The van der Waals surface area contributed by atoms with Crippen molar-refractivity contribution in [2.24, 2.45) is 5.92 Å². The van der Waals surface area contributed by atoms with Crippen molar-refractivity contribution in [1.29, 1.82) is 0 Å². The molecule has 0 heteroatoms. The number of allylic oxidation sites excluding steroid dienone is 3. The summed E-state index contributed by atoms with van der Waals surface area (Å²) >= 11 is 0. The van der Waals surface area contributed by atoms with E-state index in [9.17, 15) is 0 Å². The van der Waals surface area contributed by atoms with Gasteiger partial charge in [-0.05, 0) is 32.6 Å². The van der Waals surface area contributed by atoms with Crippen molar-refractivity contribution >= 4 is 0 Å². The van der Waals surface area contributed by atoms with E-state index >= 15 is 0 Å². The molecule has 0 N–H and O–H groups in total. The van der Waals surface area contributed by atoms with Crippen molar-refractivity contribution in [3.8, 4) is 0 Å². The topological polar surface area (TPSA) is 0 Å². The molecule has 0 amide bonds. The van der Waals surface area contributed by atoms with Crippen LogP contribution in [0, 0.1) is 5.92 Å². The summed E-state index contributed by atoms with van der Waals surface area (Å²) in [7, 11) is 0. The standard InChI is InChI=1S/C12H20/c1-10(2)9-11(3)12-7-5-4-6-8-12/h9,12H,1,4-8H2,2-3H3. The van der Waals surface area contributed by atoms with Crippen molar-refractivity contribution in [2.75, 3.05) is 0 Å². The molecule has 1 aliphatic rings. The van der Waals surface area contributed by atoms with Gasteiger partial charge in [-0.25, -0.2) is 0 Å². The van der Waals surface area contributed by atoms with Crippen LogP contribution in [0.5, 0.6) is 0 Å². The third-order valence-electron chi connectivity index (χ3n) is 2.72. The van der Waals surface area contributed by atoms with Gasteiger partial charge in [-0.3, -0.25) is 0 Å². The smallest absolute Gasteiger partial charge is 0.0203 e. The molecule has 0 aromatic rings. The minimum atomic E-state index is 0.857. The molecule has 0 radical (unpaired) electrons. The molecule has 0 unspecified atom stereocenters. The highest BCUT2D eigenvalue weighted by Crippen LogP contribution is 2.29. The maximum atomic E-state index is 3.91. The van der Waals surface area contributed by atoms with Crippen LogP contribution in [0.2, 0.25) is 0 Å².